The summed E-state index contributed by atoms with van der Waals surface area (Å²) in [5, 5.41) is 4.45. The van der Waals surface area contributed by atoms with E-state index in [0.29, 0.717) is 12.1 Å². The number of rotatable bonds is 2. The van der Waals surface area contributed by atoms with Crippen molar-refractivity contribution < 1.29 is 4.74 Å². The molecule has 2 fully saturated rings. The van der Waals surface area contributed by atoms with Gasteiger partial charge in [0.05, 0.1) is 18.3 Å². The lowest BCUT2D eigenvalue weighted by Gasteiger charge is -2.26. The normalized spacial score (nSPS) is 27.6. The number of aromatic nitrogens is 2. The van der Waals surface area contributed by atoms with Crippen LogP contribution in [-0.4, -0.2) is 16.4 Å². The summed E-state index contributed by atoms with van der Waals surface area (Å²) in [6.07, 6.45) is 12.1. The Balaban J connectivity index is 1.71. The Morgan fingerprint density at radius 1 is 1.20 bits per heavy atom. The second kappa shape index (κ2) is 3.97. The molecule has 0 N–H and O–H groups in total. The molecule has 15 heavy (non-hydrogen) atoms. The Labute approximate surface area is 90.4 Å². The van der Waals surface area contributed by atoms with Gasteiger partial charge in [-0.25, -0.2) is 0 Å². The number of ether oxygens (including phenoxy) is 1. The van der Waals surface area contributed by atoms with Crippen LogP contribution in [0.4, 0.5) is 0 Å². The molecule has 1 atom stereocenters. The molecule has 0 spiro atoms. The molecule has 1 aromatic heterocycles. The van der Waals surface area contributed by atoms with Gasteiger partial charge in [-0.2, -0.15) is 5.10 Å². The first-order valence-electron chi connectivity index (χ1n) is 6.09. The minimum atomic E-state index is 0.313. The number of hydrogen-bond donors (Lipinski definition) is 0. The van der Waals surface area contributed by atoms with Gasteiger partial charge in [0, 0.05) is 18.4 Å². The highest BCUT2D eigenvalue weighted by Crippen LogP contribution is 2.33. The van der Waals surface area contributed by atoms with Crippen molar-refractivity contribution in [1.29, 1.82) is 0 Å². The highest BCUT2D eigenvalue weighted by molar-refractivity contribution is 5.09. The first kappa shape index (κ1) is 9.40. The number of hydrogen-bond acceptors (Lipinski definition) is 2. The Hall–Kier alpha value is -0.830. The van der Waals surface area contributed by atoms with Crippen molar-refractivity contribution in [3.8, 4) is 0 Å². The predicted molar refractivity (Wildman–Crippen MR) is 57.7 cm³/mol. The molecular formula is C12H18N2O. The minimum Gasteiger partial charge on any atom is -0.373 e. The summed E-state index contributed by atoms with van der Waals surface area (Å²) in [7, 11) is 0. The van der Waals surface area contributed by atoms with Gasteiger partial charge in [0.15, 0.2) is 0 Å². The van der Waals surface area contributed by atoms with Gasteiger partial charge in [-0.3, -0.25) is 4.68 Å². The maximum absolute atomic E-state index is 5.76. The van der Waals surface area contributed by atoms with E-state index in [2.05, 4.69) is 16.0 Å². The van der Waals surface area contributed by atoms with Crippen LogP contribution < -0.4 is 0 Å². The maximum Gasteiger partial charge on any atom is 0.0855 e. The molecule has 82 valence electrons. The highest BCUT2D eigenvalue weighted by Gasteiger charge is 2.22. The minimum absolute atomic E-state index is 0.313. The van der Waals surface area contributed by atoms with E-state index in [9.17, 15) is 0 Å². The quantitative estimate of drug-likeness (QED) is 0.744. The van der Waals surface area contributed by atoms with Crippen LogP contribution in [0.1, 0.15) is 56.2 Å². The maximum atomic E-state index is 5.76. The lowest BCUT2D eigenvalue weighted by molar-refractivity contribution is 0.0148. The van der Waals surface area contributed by atoms with Crippen LogP contribution in [0.5, 0.6) is 0 Å². The average molecular weight is 206 g/mol. The molecule has 2 aliphatic rings. The van der Waals surface area contributed by atoms with Gasteiger partial charge in [-0.05, 0) is 38.5 Å². The van der Waals surface area contributed by atoms with E-state index in [-0.39, 0.29) is 0 Å². The largest absolute Gasteiger partial charge is 0.373 e. The lowest BCUT2D eigenvalue weighted by Crippen LogP contribution is -2.17. The fraction of sp³-hybridized carbons (Fsp3) is 0.750. The zero-order valence-corrected chi connectivity index (χ0v) is 9.06. The third-order valence-corrected chi connectivity index (χ3v) is 3.62. The van der Waals surface area contributed by atoms with Gasteiger partial charge >= 0.3 is 0 Å². The average Bonchev–Trinajstić information content (AvgIpc) is 2.66. The van der Waals surface area contributed by atoms with Gasteiger partial charge < -0.3 is 4.74 Å². The zero-order chi connectivity index (χ0) is 10.1. The van der Waals surface area contributed by atoms with Crippen molar-refractivity contribution in [1.82, 2.24) is 9.78 Å². The second-order valence-electron chi connectivity index (χ2n) is 4.69. The Bertz CT molecular complexity index is 324. The Morgan fingerprint density at radius 2 is 2.13 bits per heavy atom. The molecule has 0 amide bonds. The third-order valence-electron chi connectivity index (χ3n) is 3.62. The van der Waals surface area contributed by atoms with Crippen molar-refractivity contribution in [2.45, 2.75) is 50.7 Å². The summed E-state index contributed by atoms with van der Waals surface area (Å²) in [5.74, 6) is 0. The van der Waals surface area contributed by atoms with E-state index >= 15 is 0 Å². The number of nitrogens with zero attached hydrogens (tertiary/aromatic N) is 2. The van der Waals surface area contributed by atoms with Gasteiger partial charge in [0.2, 0.25) is 0 Å². The molecule has 2 heterocycles. The van der Waals surface area contributed by atoms with Gasteiger partial charge in [-0.15, -0.1) is 0 Å². The van der Waals surface area contributed by atoms with E-state index in [4.69, 9.17) is 4.74 Å². The highest BCUT2D eigenvalue weighted by atomic mass is 16.5. The monoisotopic (exact) mass is 206 g/mol. The fourth-order valence-electron chi connectivity index (χ4n) is 2.37. The first-order valence-corrected chi connectivity index (χ1v) is 6.09. The fourth-order valence-corrected chi connectivity index (χ4v) is 2.37. The van der Waals surface area contributed by atoms with Crippen molar-refractivity contribution in [3.63, 3.8) is 0 Å². The SMILES string of the molecule is c1nn(C2CCC2)cc1[C@H]1CCCCO1. The standard InChI is InChI=1S/C12H18N2O/c1-2-7-15-12(6-1)10-8-13-14(9-10)11-4-3-5-11/h8-9,11-12H,1-7H2/t12-/m1/s1. The van der Waals surface area contributed by atoms with Crippen molar-refractivity contribution in [3.05, 3.63) is 18.0 Å². The van der Waals surface area contributed by atoms with E-state index in [1.54, 1.807) is 0 Å². The molecule has 3 rings (SSSR count). The Morgan fingerprint density at radius 3 is 2.80 bits per heavy atom. The molecule has 1 saturated heterocycles. The van der Waals surface area contributed by atoms with Crippen LogP contribution in [0.2, 0.25) is 0 Å². The van der Waals surface area contributed by atoms with Gasteiger partial charge in [0.25, 0.3) is 0 Å². The van der Waals surface area contributed by atoms with E-state index in [1.165, 1.54) is 37.7 Å². The van der Waals surface area contributed by atoms with Crippen LogP contribution in [-0.2, 0) is 4.74 Å². The summed E-state index contributed by atoms with van der Waals surface area (Å²) in [6.45, 7) is 0.916. The molecule has 1 saturated carbocycles. The molecule has 1 aromatic rings. The first-order chi connectivity index (χ1) is 7.43. The summed E-state index contributed by atoms with van der Waals surface area (Å²) in [6, 6.07) is 0.669. The van der Waals surface area contributed by atoms with Gasteiger partial charge in [-0.1, -0.05) is 0 Å². The van der Waals surface area contributed by atoms with Crippen molar-refractivity contribution in [2.24, 2.45) is 0 Å². The predicted octanol–water partition coefficient (Wildman–Crippen LogP) is 2.85. The molecule has 0 unspecified atom stereocenters. The van der Waals surface area contributed by atoms with E-state index in [0.717, 1.165) is 13.0 Å². The van der Waals surface area contributed by atoms with Crippen LogP contribution in [0.25, 0.3) is 0 Å². The second-order valence-corrected chi connectivity index (χ2v) is 4.69. The molecular weight excluding hydrogens is 188 g/mol. The molecule has 0 radical (unpaired) electrons. The smallest absolute Gasteiger partial charge is 0.0855 e. The van der Waals surface area contributed by atoms with E-state index in [1.807, 2.05) is 6.20 Å². The molecule has 0 aromatic carbocycles. The van der Waals surface area contributed by atoms with E-state index < -0.39 is 0 Å². The molecule has 3 nitrogen and oxygen atoms in total. The van der Waals surface area contributed by atoms with Crippen LogP contribution in [0, 0.1) is 0 Å². The molecule has 1 aliphatic heterocycles. The third kappa shape index (κ3) is 1.81. The molecule has 3 heteroatoms. The summed E-state index contributed by atoms with van der Waals surface area (Å²) < 4.78 is 7.89. The summed E-state index contributed by atoms with van der Waals surface area (Å²) in [4.78, 5) is 0. The zero-order valence-electron chi connectivity index (χ0n) is 9.06. The van der Waals surface area contributed by atoms with Crippen LogP contribution in [0.15, 0.2) is 12.4 Å². The van der Waals surface area contributed by atoms with Crippen molar-refractivity contribution >= 4 is 0 Å². The lowest BCUT2D eigenvalue weighted by atomic mass is 9.93. The molecule has 0 bridgehead atoms. The van der Waals surface area contributed by atoms with Crippen molar-refractivity contribution in [2.75, 3.05) is 6.61 Å². The van der Waals surface area contributed by atoms with Crippen LogP contribution >= 0.6 is 0 Å². The topological polar surface area (TPSA) is 27.1 Å². The summed E-state index contributed by atoms with van der Waals surface area (Å²) >= 11 is 0. The van der Waals surface area contributed by atoms with Gasteiger partial charge in [0.1, 0.15) is 0 Å². The summed E-state index contributed by atoms with van der Waals surface area (Å²) in [5.41, 5.74) is 1.28. The molecule has 1 aliphatic carbocycles. The van der Waals surface area contributed by atoms with Crippen LogP contribution in [0.3, 0.4) is 0 Å². The Kier molecular flexibility index (Phi) is 2.49.